The molecule has 1 N–H and O–H groups in total. The van der Waals surface area contributed by atoms with Gasteiger partial charge in [0.15, 0.2) is 0 Å². The molecule has 0 radical (unpaired) electrons. The highest BCUT2D eigenvalue weighted by molar-refractivity contribution is 5.79. The summed E-state index contributed by atoms with van der Waals surface area (Å²) in [6.45, 7) is 0.380. The van der Waals surface area contributed by atoms with E-state index in [0.29, 0.717) is 29.5 Å². The van der Waals surface area contributed by atoms with Crippen molar-refractivity contribution in [3.05, 3.63) is 47.5 Å². The molecule has 0 aromatic heterocycles. The number of amides is 1. The number of nitrogens with one attached hydrogen (secondary N) is 1. The van der Waals surface area contributed by atoms with Crippen molar-refractivity contribution in [2.75, 3.05) is 28.4 Å². The lowest BCUT2D eigenvalue weighted by atomic mass is 10.1. The van der Waals surface area contributed by atoms with Crippen LogP contribution >= 0.6 is 0 Å². The highest BCUT2D eigenvalue weighted by Crippen LogP contribution is 2.25. The molecule has 0 saturated carbocycles. The SMILES string of the molecule is COc1cc(CNC(=O)Cc2ccc(OC)cc2OC)cc(OC)c1. The Morgan fingerprint density at radius 3 is 2.04 bits per heavy atom. The van der Waals surface area contributed by atoms with Crippen molar-refractivity contribution in [2.24, 2.45) is 0 Å². The first-order valence-corrected chi connectivity index (χ1v) is 7.79. The third-order valence-electron chi connectivity index (χ3n) is 3.75. The molecule has 0 atom stereocenters. The lowest BCUT2D eigenvalue weighted by molar-refractivity contribution is -0.120. The average Bonchev–Trinajstić information content (AvgIpc) is 2.66. The number of rotatable bonds is 8. The van der Waals surface area contributed by atoms with Crippen LogP contribution in [-0.2, 0) is 17.8 Å². The van der Waals surface area contributed by atoms with Gasteiger partial charge in [-0.3, -0.25) is 4.79 Å². The summed E-state index contributed by atoms with van der Waals surface area (Å²) in [5.41, 5.74) is 1.69. The molecular weight excluding hydrogens is 322 g/mol. The molecule has 2 rings (SSSR count). The fraction of sp³-hybridized carbons (Fsp3) is 0.316. The van der Waals surface area contributed by atoms with E-state index >= 15 is 0 Å². The molecule has 0 aliphatic carbocycles. The molecule has 0 spiro atoms. The Balaban J connectivity index is 2.01. The van der Waals surface area contributed by atoms with Crippen LogP contribution in [0, 0.1) is 0 Å². The Hall–Kier alpha value is -2.89. The third kappa shape index (κ3) is 5.04. The van der Waals surface area contributed by atoms with Gasteiger partial charge in [0.2, 0.25) is 5.91 Å². The van der Waals surface area contributed by atoms with Gasteiger partial charge in [0.05, 0.1) is 34.9 Å². The number of benzene rings is 2. The number of methoxy groups -OCH3 is 4. The van der Waals surface area contributed by atoms with E-state index in [1.165, 1.54) is 0 Å². The summed E-state index contributed by atoms with van der Waals surface area (Å²) >= 11 is 0. The van der Waals surface area contributed by atoms with Crippen molar-refractivity contribution < 1.29 is 23.7 Å². The molecule has 0 aliphatic rings. The van der Waals surface area contributed by atoms with Crippen LogP contribution in [0.5, 0.6) is 23.0 Å². The van der Waals surface area contributed by atoms with Gasteiger partial charge in [0.25, 0.3) is 0 Å². The second kappa shape index (κ2) is 8.82. The summed E-state index contributed by atoms with van der Waals surface area (Å²) in [5.74, 6) is 2.56. The van der Waals surface area contributed by atoms with Gasteiger partial charge < -0.3 is 24.3 Å². The zero-order valence-corrected chi connectivity index (χ0v) is 14.9. The summed E-state index contributed by atoms with van der Waals surface area (Å²) in [7, 11) is 6.34. The highest BCUT2D eigenvalue weighted by atomic mass is 16.5. The fourth-order valence-electron chi connectivity index (χ4n) is 2.40. The first-order valence-electron chi connectivity index (χ1n) is 7.79. The predicted molar refractivity (Wildman–Crippen MR) is 94.6 cm³/mol. The molecule has 1 amide bonds. The Kier molecular flexibility index (Phi) is 6.51. The molecule has 0 heterocycles. The standard InChI is InChI=1S/C19H23NO5/c1-22-15-6-5-14(18(11-15)25-4)9-19(21)20-12-13-7-16(23-2)10-17(8-13)24-3/h5-8,10-11H,9,12H2,1-4H3,(H,20,21). The van der Waals surface area contributed by atoms with Crippen molar-refractivity contribution in [3.8, 4) is 23.0 Å². The molecule has 134 valence electrons. The maximum atomic E-state index is 12.3. The van der Waals surface area contributed by atoms with Crippen molar-refractivity contribution in [1.29, 1.82) is 0 Å². The van der Waals surface area contributed by atoms with Crippen LogP contribution in [-0.4, -0.2) is 34.3 Å². The number of hydrogen-bond acceptors (Lipinski definition) is 5. The van der Waals surface area contributed by atoms with Crippen LogP contribution < -0.4 is 24.3 Å². The number of carbonyl (C=O) groups excluding carboxylic acids is 1. The molecule has 0 fully saturated rings. The summed E-state index contributed by atoms with van der Waals surface area (Å²) in [5, 5.41) is 2.89. The van der Waals surface area contributed by atoms with E-state index < -0.39 is 0 Å². The van der Waals surface area contributed by atoms with Crippen LogP contribution in [0.4, 0.5) is 0 Å². The second-order valence-electron chi connectivity index (χ2n) is 5.35. The predicted octanol–water partition coefficient (Wildman–Crippen LogP) is 2.58. The maximum Gasteiger partial charge on any atom is 0.224 e. The summed E-state index contributed by atoms with van der Waals surface area (Å²) in [6, 6.07) is 10.9. The fourth-order valence-corrected chi connectivity index (χ4v) is 2.40. The molecule has 6 heteroatoms. The molecule has 0 bridgehead atoms. The minimum Gasteiger partial charge on any atom is -0.497 e. The van der Waals surface area contributed by atoms with Crippen molar-refractivity contribution in [2.45, 2.75) is 13.0 Å². The van der Waals surface area contributed by atoms with Crippen molar-refractivity contribution in [1.82, 2.24) is 5.32 Å². The van der Waals surface area contributed by atoms with Crippen LogP contribution in [0.15, 0.2) is 36.4 Å². The molecule has 0 unspecified atom stereocenters. The molecule has 6 nitrogen and oxygen atoms in total. The van der Waals surface area contributed by atoms with E-state index in [1.807, 2.05) is 18.2 Å². The van der Waals surface area contributed by atoms with E-state index in [0.717, 1.165) is 11.1 Å². The Bertz CT molecular complexity index is 707. The third-order valence-corrected chi connectivity index (χ3v) is 3.75. The minimum absolute atomic E-state index is 0.106. The average molecular weight is 345 g/mol. The first kappa shape index (κ1) is 18.4. The molecule has 0 aliphatic heterocycles. The van der Waals surface area contributed by atoms with E-state index in [2.05, 4.69) is 5.32 Å². The van der Waals surface area contributed by atoms with Crippen LogP contribution in [0.3, 0.4) is 0 Å². The monoisotopic (exact) mass is 345 g/mol. The second-order valence-corrected chi connectivity index (χ2v) is 5.35. The van der Waals surface area contributed by atoms with Crippen molar-refractivity contribution in [3.63, 3.8) is 0 Å². The van der Waals surface area contributed by atoms with Crippen LogP contribution in [0.25, 0.3) is 0 Å². The topological polar surface area (TPSA) is 66.0 Å². The molecule has 2 aromatic carbocycles. The van der Waals surface area contributed by atoms with E-state index in [1.54, 1.807) is 46.6 Å². The quantitative estimate of drug-likeness (QED) is 0.797. The Morgan fingerprint density at radius 1 is 0.840 bits per heavy atom. The zero-order chi connectivity index (χ0) is 18.2. The van der Waals surface area contributed by atoms with Gasteiger partial charge in [-0.05, 0) is 23.8 Å². The normalized spacial score (nSPS) is 10.1. The number of carbonyl (C=O) groups is 1. The number of ether oxygens (including phenoxy) is 4. The minimum atomic E-state index is -0.106. The molecule has 2 aromatic rings. The molecular formula is C19H23NO5. The lowest BCUT2D eigenvalue weighted by Crippen LogP contribution is -2.24. The van der Waals surface area contributed by atoms with Gasteiger partial charge in [-0.2, -0.15) is 0 Å². The smallest absolute Gasteiger partial charge is 0.224 e. The summed E-state index contributed by atoms with van der Waals surface area (Å²) in [4.78, 5) is 12.3. The highest BCUT2D eigenvalue weighted by Gasteiger charge is 2.10. The lowest BCUT2D eigenvalue weighted by Gasteiger charge is -2.12. The Labute approximate surface area is 147 Å². The molecule has 0 saturated heterocycles. The van der Waals surface area contributed by atoms with Crippen molar-refractivity contribution >= 4 is 5.91 Å². The van der Waals surface area contributed by atoms with Crippen LogP contribution in [0.2, 0.25) is 0 Å². The molecule has 25 heavy (non-hydrogen) atoms. The van der Waals surface area contributed by atoms with Gasteiger partial charge in [0.1, 0.15) is 23.0 Å². The van der Waals surface area contributed by atoms with E-state index in [-0.39, 0.29) is 12.3 Å². The zero-order valence-electron chi connectivity index (χ0n) is 14.9. The van der Waals surface area contributed by atoms with E-state index in [9.17, 15) is 4.79 Å². The summed E-state index contributed by atoms with van der Waals surface area (Å²) < 4.78 is 20.9. The van der Waals surface area contributed by atoms with Crippen LogP contribution in [0.1, 0.15) is 11.1 Å². The van der Waals surface area contributed by atoms with E-state index in [4.69, 9.17) is 18.9 Å². The largest absolute Gasteiger partial charge is 0.497 e. The van der Waals surface area contributed by atoms with Gasteiger partial charge >= 0.3 is 0 Å². The summed E-state index contributed by atoms with van der Waals surface area (Å²) in [6.07, 6.45) is 0.217. The first-order chi connectivity index (χ1) is 12.1. The Morgan fingerprint density at radius 2 is 1.48 bits per heavy atom. The van der Waals surface area contributed by atoms with Gasteiger partial charge in [-0.1, -0.05) is 6.07 Å². The maximum absolute atomic E-state index is 12.3. The van der Waals surface area contributed by atoms with Gasteiger partial charge in [-0.15, -0.1) is 0 Å². The van der Waals surface area contributed by atoms with Gasteiger partial charge in [-0.25, -0.2) is 0 Å². The van der Waals surface area contributed by atoms with Gasteiger partial charge in [0, 0.05) is 24.2 Å². The number of hydrogen-bond donors (Lipinski definition) is 1.